The van der Waals surface area contributed by atoms with Crippen LogP contribution in [0.1, 0.15) is 25.7 Å². The summed E-state index contributed by atoms with van der Waals surface area (Å²) in [4.78, 5) is 15.9. The number of nitrogens with zero attached hydrogens (tertiary/aromatic N) is 5. The van der Waals surface area contributed by atoms with E-state index in [1.54, 1.807) is 19.0 Å². The third kappa shape index (κ3) is 4.54. The molecule has 0 fully saturated rings. The molecule has 1 amide bonds. The molecule has 1 aromatic heterocycles. The number of carbonyl (C=O) groups excluding carboxylic acids is 1. The monoisotopic (exact) mass is 381 g/mol. The van der Waals surface area contributed by atoms with Gasteiger partial charge < -0.3 is 4.90 Å². The van der Waals surface area contributed by atoms with Crippen molar-refractivity contribution in [2.45, 2.75) is 30.3 Å². The highest BCUT2D eigenvalue weighted by molar-refractivity contribution is 8.00. The van der Waals surface area contributed by atoms with E-state index >= 15 is 0 Å². The van der Waals surface area contributed by atoms with Crippen molar-refractivity contribution < 1.29 is 4.79 Å². The number of aromatic nitrogens is 3. The summed E-state index contributed by atoms with van der Waals surface area (Å²) in [6.07, 6.45) is 0. The average Bonchev–Trinajstić information content (AvgIpc) is 2.97. The van der Waals surface area contributed by atoms with E-state index in [0.29, 0.717) is 10.2 Å². The quantitative estimate of drug-likeness (QED) is 0.719. The van der Waals surface area contributed by atoms with Gasteiger partial charge in [0.1, 0.15) is 0 Å². The summed E-state index contributed by atoms with van der Waals surface area (Å²) in [5.74, 6) is 0.859. The van der Waals surface area contributed by atoms with Crippen LogP contribution >= 0.6 is 23.4 Å². The van der Waals surface area contributed by atoms with Crippen LogP contribution in [0.5, 0.6) is 0 Å². The molecule has 0 aliphatic rings. The van der Waals surface area contributed by atoms with E-state index in [-0.39, 0.29) is 17.2 Å². The second-order valence-electron chi connectivity index (χ2n) is 6.28. The lowest BCUT2D eigenvalue weighted by Crippen LogP contribution is -2.30. The molecular weight excluding hydrogens is 358 g/mol. The summed E-state index contributed by atoms with van der Waals surface area (Å²) < 4.78 is 1.99. The lowest BCUT2D eigenvalue weighted by Gasteiger charge is -2.21. The molecule has 1 heterocycles. The van der Waals surface area contributed by atoms with Crippen molar-refractivity contribution in [1.29, 1.82) is 0 Å². The van der Waals surface area contributed by atoms with Crippen LogP contribution in [-0.4, -0.2) is 63.9 Å². The summed E-state index contributed by atoms with van der Waals surface area (Å²) in [6, 6.07) is 7.60. The number of rotatable bonds is 6. The first-order chi connectivity index (χ1) is 11.7. The summed E-state index contributed by atoms with van der Waals surface area (Å²) >= 11 is 7.42. The van der Waals surface area contributed by atoms with Crippen molar-refractivity contribution in [3.63, 3.8) is 0 Å². The predicted octanol–water partition coefficient (Wildman–Crippen LogP) is 3.11. The highest BCUT2D eigenvalue weighted by atomic mass is 35.5. The first kappa shape index (κ1) is 19.8. The van der Waals surface area contributed by atoms with E-state index in [1.807, 2.05) is 49.9 Å². The van der Waals surface area contributed by atoms with Crippen molar-refractivity contribution >= 4 is 29.3 Å². The van der Waals surface area contributed by atoms with E-state index in [0.717, 1.165) is 11.5 Å². The maximum absolute atomic E-state index is 12.2. The second-order valence-corrected chi connectivity index (χ2v) is 8.03. The molecule has 0 N–H and O–H groups in total. The van der Waals surface area contributed by atoms with Gasteiger partial charge in [-0.1, -0.05) is 23.4 Å². The average molecular weight is 382 g/mol. The van der Waals surface area contributed by atoms with Gasteiger partial charge in [0.25, 0.3) is 0 Å². The SMILES string of the molecule is CC(Sc1nnc(C(C)N(C)C)n1-c1ccc(Cl)cc1)C(=O)N(C)C. The molecular formula is C17H24ClN5OS. The molecule has 2 unspecified atom stereocenters. The molecule has 25 heavy (non-hydrogen) atoms. The molecule has 0 spiro atoms. The van der Waals surface area contributed by atoms with Crippen LogP contribution in [0.3, 0.4) is 0 Å². The van der Waals surface area contributed by atoms with Crippen LogP contribution in [0.15, 0.2) is 29.4 Å². The predicted molar refractivity (Wildman–Crippen MR) is 102 cm³/mol. The van der Waals surface area contributed by atoms with Gasteiger partial charge in [0, 0.05) is 24.8 Å². The van der Waals surface area contributed by atoms with Crippen LogP contribution in [0, 0.1) is 0 Å². The molecule has 0 saturated heterocycles. The molecule has 136 valence electrons. The van der Waals surface area contributed by atoms with E-state index in [9.17, 15) is 4.79 Å². The van der Waals surface area contributed by atoms with E-state index < -0.39 is 0 Å². The largest absolute Gasteiger partial charge is 0.348 e. The molecule has 0 aliphatic heterocycles. The van der Waals surface area contributed by atoms with Crippen molar-refractivity contribution in [1.82, 2.24) is 24.6 Å². The molecule has 0 radical (unpaired) electrons. The molecule has 1 aromatic carbocycles. The van der Waals surface area contributed by atoms with Crippen molar-refractivity contribution in [2.75, 3.05) is 28.2 Å². The standard InChI is InChI=1S/C17H24ClN5OS/c1-11(21(3)4)15-19-20-17(25-12(2)16(24)22(5)6)23(15)14-9-7-13(18)8-10-14/h7-12H,1-6H3. The first-order valence-electron chi connectivity index (χ1n) is 7.98. The van der Waals surface area contributed by atoms with E-state index in [1.165, 1.54) is 11.8 Å². The molecule has 0 bridgehead atoms. The van der Waals surface area contributed by atoms with Gasteiger partial charge in [-0.2, -0.15) is 0 Å². The number of halogens is 1. The van der Waals surface area contributed by atoms with Crippen LogP contribution < -0.4 is 0 Å². The summed E-state index contributed by atoms with van der Waals surface area (Å²) in [5.41, 5.74) is 0.921. The van der Waals surface area contributed by atoms with Gasteiger partial charge in [-0.3, -0.25) is 14.3 Å². The zero-order valence-corrected chi connectivity index (χ0v) is 17.0. The van der Waals surface area contributed by atoms with Crippen LogP contribution in [0.2, 0.25) is 5.02 Å². The molecule has 8 heteroatoms. The lowest BCUT2D eigenvalue weighted by atomic mass is 10.2. The molecule has 6 nitrogen and oxygen atoms in total. The minimum Gasteiger partial charge on any atom is -0.348 e. The summed E-state index contributed by atoms with van der Waals surface area (Å²) in [7, 11) is 7.50. The Bertz CT molecular complexity index is 729. The van der Waals surface area contributed by atoms with Crippen molar-refractivity contribution in [3.05, 3.63) is 35.1 Å². The normalized spacial score (nSPS) is 13.8. The van der Waals surface area contributed by atoms with Crippen molar-refractivity contribution in [3.8, 4) is 5.69 Å². The lowest BCUT2D eigenvalue weighted by molar-refractivity contribution is -0.127. The third-order valence-corrected chi connectivity index (χ3v) is 5.24. The molecule has 2 rings (SSSR count). The number of carbonyl (C=O) groups is 1. The van der Waals surface area contributed by atoms with Crippen molar-refractivity contribution in [2.24, 2.45) is 0 Å². The van der Waals surface area contributed by atoms with Crippen LogP contribution in [0.25, 0.3) is 5.69 Å². The van der Waals surface area contributed by atoms with Crippen LogP contribution in [-0.2, 0) is 4.79 Å². The molecule has 2 atom stereocenters. The Hall–Kier alpha value is -1.57. The second kappa shape index (κ2) is 8.21. The maximum Gasteiger partial charge on any atom is 0.235 e. The van der Waals surface area contributed by atoms with Gasteiger partial charge in [-0.15, -0.1) is 10.2 Å². The third-order valence-electron chi connectivity index (χ3n) is 3.96. The Kier molecular flexibility index (Phi) is 6.48. The highest BCUT2D eigenvalue weighted by Crippen LogP contribution is 2.30. The van der Waals surface area contributed by atoms with Gasteiger partial charge in [-0.25, -0.2) is 0 Å². The maximum atomic E-state index is 12.2. The number of benzene rings is 1. The van der Waals surface area contributed by atoms with E-state index in [4.69, 9.17) is 11.6 Å². The fourth-order valence-corrected chi connectivity index (χ4v) is 3.41. The molecule has 0 saturated carbocycles. The first-order valence-corrected chi connectivity index (χ1v) is 9.23. The Morgan fingerprint density at radius 3 is 2.24 bits per heavy atom. The smallest absolute Gasteiger partial charge is 0.235 e. The van der Waals surface area contributed by atoms with Gasteiger partial charge in [-0.05, 0) is 52.2 Å². The number of hydrogen-bond acceptors (Lipinski definition) is 5. The van der Waals surface area contributed by atoms with Gasteiger partial charge >= 0.3 is 0 Å². The Morgan fingerprint density at radius 1 is 1.12 bits per heavy atom. The number of thioether (sulfide) groups is 1. The van der Waals surface area contributed by atoms with Gasteiger partial charge in [0.05, 0.1) is 11.3 Å². The van der Waals surface area contributed by atoms with E-state index in [2.05, 4.69) is 22.0 Å². The summed E-state index contributed by atoms with van der Waals surface area (Å²) in [6.45, 7) is 3.95. The Morgan fingerprint density at radius 2 is 1.72 bits per heavy atom. The Balaban J connectivity index is 2.46. The van der Waals surface area contributed by atoms with Gasteiger partial charge in [0.15, 0.2) is 11.0 Å². The van der Waals surface area contributed by atoms with Crippen LogP contribution in [0.4, 0.5) is 0 Å². The number of amides is 1. The Labute approximate surface area is 158 Å². The fraction of sp³-hybridized carbons (Fsp3) is 0.471. The minimum atomic E-state index is -0.257. The molecule has 2 aromatic rings. The zero-order valence-electron chi connectivity index (χ0n) is 15.4. The number of hydrogen-bond donors (Lipinski definition) is 0. The summed E-state index contributed by atoms with van der Waals surface area (Å²) in [5, 5.41) is 9.83. The highest BCUT2D eigenvalue weighted by Gasteiger charge is 2.24. The zero-order chi connectivity index (χ0) is 18.7. The topological polar surface area (TPSA) is 54.3 Å². The minimum absolute atomic E-state index is 0.0397. The molecule has 0 aliphatic carbocycles. The fourth-order valence-electron chi connectivity index (χ4n) is 2.26. The van der Waals surface area contributed by atoms with Gasteiger partial charge in [0.2, 0.25) is 5.91 Å².